The zero-order chi connectivity index (χ0) is 13.0. The summed E-state index contributed by atoms with van der Waals surface area (Å²) in [6.45, 7) is 0.397. The molecule has 1 heterocycles. The van der Waals surface area contributed by atoms with Crippen LogP contribution in [0.4, 0.5) is 0 Å². The normalized spacial score (nSPS) is 10.1. The number of nitrogens with one attached hydrogen (secondary N) is 1. The van der Waals surface area contributed by atoms with E-state index in [2.05, 4.69) is 5.32 Å². The van der Waals surface area contributed by atoms with Crippen molar-refractivity contribution in [2.45, 2.75) is 6.54 Å². The van der Waals surface area contributed by atoms with E-state index in [1.165, 1.54) is 12.1 Å². The van der Waals surface area contributed by atoms with E-state index in [0.717, 1.165) is 11.3 Å². The molecular formula is C13H12ClNO3. The molecule has 2 aromatic rings. The van der Waals surface area contributed by atoms with Crippen LogP contribution in [0.25, 0.3) is 0 Å². The van der Waals surface area contributed by atoms with Crippen molar-refractivity contribution in [2.24, 2.45) is 0 Å². The first-order chi connectivity index (χ1) is 8.69. The zero-order valence-electron chi connectivity index (χ0n) is 9.77. The van der Waals surface area contributed by atoms with Crippen LogP contribution in [0.2, 0.25) is 5.22 Å². The molecule has 0 spiro atoms. The Bertz CT molecular complexity index is 551. The summed E-state index contributed by atoms with van der Waals surface area (Å²) in [4.78, 5) is 11.7. The van der Waals surface area contributed by atoms with Gasteiger partial charge in [0.1, 0.15) is 5.75 Å². The Balaban J connectivity index is 1.97. The van der Waals surface area contributed by atoms with E-state index in [0.29, 0.717) is 6.54 Å². The lowest BCUT2D eigenvalue weighted by Gasteiger charge is -2.05. The lowest BCUT2D eigenvalue weighted by molar-refractivity contribution is 0.0923. The number of amides is 1. The molecule has 0 saturated carbocycles. The van der Waals surface area contributed by atoms with Crippen LogP contribution in [0.3, 0.4) is 0 Å². The number of rotatable bonds is 4. The molecule has 0 bridgehead atoms. The maximum Gasteiger partial charge on any atom is 0.287 e. The summed E-state index contributed by atoms with van der Waals surface area (Å²) in [6, 6.07) is 10.5. The number of furan rings is 1. The summed E-state index contributed by atoms with van der Waals surface area (Å²) in [5.41, 5.74) is 0.945. The number of carbonyl (C=O) groups excluding carboxylic acids is 1. The fourth-order valence-corrected chi connectivity index (χ4v) is 1.63. The molecule has 5 heteroatoms. The van der Waals surface area contributed by atoms with Crippen molar-refractivity contribution in [3.05, 3.63) is 52.9 Å². The molecule has 4 nitrogen and oxygen atoms in total. The second-order valence-electron chi connectivity index (χ2n) is 3.64. The first-order valence-corrected chi connectivity index (χ1v) is 5.73. The van der Waals surface area contributed by atoms with Gasteiger partial charge in [-0.25, -0.2) is 0 Å². The van der Waals surface area contributed by atoms with E-state index in [1.54, 1.807) is 7.11 Å². The molecule has 0 radical (unpaired) electrons. The Morgan fingerprint density at radius 2 is 2.22 bits per heavy atom. The Morgan fingerprint density at radius 1 is 1.39 bits per heavy atom. The number of hydrogen-bond acceptors (Lipinski definition) is 3. The van der Waals surface area contributed by atoms with Crippen LogP contribution >= 0.6 is 11.6 Å². The average Bonchev–Trinajstić information content (AvgIpc) is 2.83. The first kappa shape index (κ1) is 12.5. The number of hydrogen-bond donors (Lipinski definition) is 1. The van der Waals surface area contributed by atoms with E-state index >= 15 is 0 Å². The second-order valence-corrected chi connectivity index (χ2v) is 4.01. The topological polar surface area (TPSA) is 51.5 Å². The van der Waals surface area contributed by atoms with Crippen LogP contribution in [0.5, 0.6) is 5.75 Å². The van der Waals surface area contributed by atoms with Crippen LogP contribution < -0.4 is 10.1 Å². The molecule has 0 saturated heterocycles. The van der Waals surface area contributed by atoms with Crippen molar-refractivity contribution in [1.29, 1.82) is 0 Å². The third-order valence-electron chi connectivity index (χ3n) is 2.38. The molecule has 0 aliphatic heterocycles. The first-order valence-electron chi connectivity index (χ1n) is 5.35. The van der Waals surface area contributed by atoms with Gasteiger partial charge in [-0.3, -0.25) is 4.79 Å². The fourth-order valence-electron chi connectivity index (χ4n) is 1.49. The van der Waals surface area contributed by atoms with Gasteiger partial charge >= 0.3 is 0 Å². The van der Waals surface area contributed by atoms with Gasteiger partial charge in [-0.05, 0) is 41.4 Å². The monoisotopic (exact) mass is 265 g/mol. The van der Waals surface area contributed by atoms with Gasteiger partial charge in [0.2, 0.25) is 0 Å². The highest BCUT2D eigenvalue weighted by Crippen LogP contribution is 2.14. The average molecular weight is 266 g/mol. The molecule has 1 aromatic heterocycles. The van der Waals surface area contributed by atoms with E-state index in [9.17, 15) is 4.79 Å². The van der Waals surface area contributed by atoms with Crippen molar-refractivity contribution in [2.75, 3.05) is 7.11 Å². The van der Waals surface area contributed by atoms with Crippen molar-refractivity contribution >= 4 is 17.5 Å². The maximum absolute atomic E-state index is 11.7. The number of benzene rings is 1. The van der Waals surface area contributed by atoms with Crippen molar-refractivity contribution in [3.63, 3.8) is 0 Å². The number of carbonyl (C=O) groups is 1. The highest BCUT2D eigenvalue weighted by Gasteiger charge is 2.09. The van der Waals surface area contributed by atoms with Crippen LogP contribution in [0.1, 0.15) is 16.1 Å². The predicted octanol–water partition coefficient (Wildman–Crippen LogP) is 2.87. The van der Waals surface area contributed by atoms with Gasteiger partial charge in [0.25, 0.3) is 5.91 Å². The zero-order valence-corrected chi connectivity index (χ0v) is 10.5. The van der Waals surface area contributed by atoms with Crippen LogP contribution in [-0.4, -0.2) is 13.0 Å². The number of methoxy groups -OCH3 is 1. The smallest absolute Gasteiger partial charge is 0.287 e. The molecule has 18 heavy (non-hydrogen) atoms. The third kappa shape index (κ3) is 3.05. The Labute approximate surface area is 110 Å². The van der Waals surface area contributed by atoms with E-state index in [1.807, 2.05) is 24.3 Å². The van der Waals surface area contributed by atoms with Gasteiger partial charge in [-0.2, -0.15) is 0 Å². The largest absolute Gasteiger partial charge is 0.497 e. The fraction of sp³-hybridized carbons (Fsp3) is 0.154. The predicted molar refractivity (Wildman–Crippen MR) is 67.9 cm³/mol. The van der Waals surface area contributed by atoms with Gasteiger partial charge in [0, 0.05) is 6.54 Å². The molecule has 0 atom stereocenters. The van der Waals surface area contributed by atoms with Crippen LogP contribution in [-0.2, 0) is 6.54 Å². The van der Waals surface area contributed by atoms with E-state index < -0.39 is 0 Å². The molecule has 0 aliphatic rings. The number of ether oxygens (including phenoxy) is 1. The van der Waals surface area contributed by atoms with Gasteiger partial charge in [-0.15, -0.1) is 0 Å². The Morgan fingerprint density at radius 3 is 2.89 bits per heavy atom. The summed E-state index contributed by atoms with van der Waals surface area (Å²) in [7, 11) is 1.60. The summed E-state index contributed by atoms with van der Waals surface area (Å²) in [6.07, 6.45) is 0. The molecule has 0 aliphatic carbocycles. The Hall–Kier alpha value is -1.94. The molecular weight excluding hydrogens is 254 g/mol. The minimum atomic E-state index is -0.301. The molecule has 1 N–H and O–H groups in total. The van der Waals surface area contributed by atoms with Gasteiger partial charge < -0.3 is 14.5 Å². The summed E-state index contributed by atoms with van der Waals surface area (Å²) in [5, 5.41) is 2.93. The van der Waals surface area contributed by atoms with Gasteiger partial charge in [0.05, 0.1) is 7.11 Å². The molecule has 1 aromatic carbocycles. The van der Waals surface area contributed by atoms with E-state index in [-0.39, 0.29) is 16.9 Å². The van der Waals surface area contributed by atoms with Gasteiger partial charge in [-0.1, -0.05) is 12.1 Å². The second kappa shape index (κ2) is 5.60. The lowest BCUT2D eigenvalue weighted by Crippen LogP contribution is -2.22. The van der Waals surface area contributed by atoms with Crippen LogP contribution in [0.15, 0.2) is 40.8 Å². The molecule has 2 rings (SSSR count). The summed E-state index contributed by atoms with van der Waals surface area (Å²) < 4.78 is 10.1. The van der Waals surface area contributed by atoms with E-state index in [4.69, 9.17) is 20.8 Å². The van der Waals surface area contributed by atoms with Crippen molar-refractivity contribution in [1.82, 2.24) is 5.32 Å². The van der Waals surface area contributed by atoms with Crippen molar-refractivity contribution < 1.29 is 13.9 Å². The van der Waals surface area contributed by atoms with Crippen LogP contribution in [0, 0.1) is 0 Å². The standard InChI is InChI=1S/C13H12ClNO3/c1-17-10-4-2-3-9(7-10)8-15-13(16)11-5-6-12(14)18-11/h2-7H,8H2,1H3,(H,15,16). The molecule has 94 valence electrons. The lowest BCUT2D eigenvalue weighted by atomic mass is 10.2. The maximum atomic E-state index is 11.7. The highest BCUT2D eigenvalue weighted by atomic mass is 35.5. The SMILES string of the molecule is COc1cccc(CNC(=O)c2ccc(Cl)o2)c1. The highest BCUT2D eigenvalue weighted by molar-refractivity contribution is 6.29. The number of halogens is 1. The van der Waals surface area contributed by atoms with Gasteiger partial charge in [0.15, 0.2) is 11.0 Å². The van der Waals surface area contributed by atoms with Crippen molar-refractivity contribution in [3.8, 4) is 5.75 Å². The molecule has 0 fully saturated rings. The minimum Gasteiger partial charge on any atom is -0.497 e. The molecule has 1 amide bonds. The third-order valence-corrected chi connectivity index (χ3v) is 2.59. The minimum absolute atomic E-state index is 0.196. The quantitative estimate of drug-likeness (QED) is 0.925. The summed E-state index contributed by atoms with van der Waals surface area (Å²) in [5.74, 6) is 0.649. The summed E-state index contributed by atoms with van der Waals surface area (Å²) >= 11 is 5.60. The Kier molecular flexibility index (Phi) is 3.89. The molecule has 0 unspecified atom stereocenters.